The molecule has 0 unspecified atom stereocenters. The molecule has 6 aromatic rings. The van der Waals surface area contributed by atoms with Crippen LogP contribution in [0.25, 0.3) is 33.8 Å². The molecule has 6 rings (SSSR count). The summed E-state index contributed by atoms with van der Waals surface area (Å²) in [4.78, 5) is 12.3. The third-order valence-electron chi connectivity index (χ3n) is 5.46. The lowest BCUT2D eigenvalue weighted by molar-refractivity contribution is 0.775. The number of pyridine rings is 3. The Balaban J connectivity index is 1.43. The lowest BCUT2D eigenvalue weighted by Crippen LogP contribution is -2.42. The van der Waals surface area contributed by atoms with E-state index in [0.29, 0.717) is 0 Å². The molecule has 0 bridgehead atoms. The highest BCUT2D eigenvalue weighted by molar-refractivity contribution is 6.52. The van der Waals surface area contributed by atoms with E-state index >= 15 is 0 Å². The summed E-state index contributed by atoms with van der Waals surface area (Å²) in [5, 5.41) is 14.5. The van der Waals surface area contributed by atoms with Crippen LogP contribution in [-0.2, 0) is 0 Å². The van der Waals surface area contributed by atoms with Gasteiger partial charge >= 0.3 is 7.12 Å². The van der Waals surface area contributed by atoms with Crippen LogP contribution >= 0.6 is 0 Å². The Hall–Kier alpha value is -4.86. The Kier molecular flexibility index (Phi) is 5.00. The fourth-order valence-corrected chi connectivity index (χ4v) is 3.79. The first kappa shape index (κ1) is 19.8. The Morgan fingerprint density at radius 2 is 0.706 bits per heavy atom. The summed E-state index contributed by atoms with van der Waals surface area (Å²) >= 11 is 0. The molecule has 0 radical (unpaired) electrons. The summed E-state index contributed by atoms with van der Waals surface area (Å²) in [5.74, 6) is 0. The molecule has 0 fully saturated rings. The van der Waals surface area contributed by atoms with Crippen LogP contribution in [0, 0.1) is 0 Å². The predicted octanol–water partition coefficient (Wildman–Crippen LogP) is 3.39. The molecule has 10 heteroatoms. The van der Waals surface area contributed by atoms with Gasteiger partial charge in [-0.15, -0.1) is 0 Å². The number of hydrogen-bond donors (Lipinski definition) is 0. The van der Waals surface area contributed by atoms with Crippen LogP contribution in [0.3, 0.4) is 0 Å². The van der Waals surface area contributed by atoms with Crippen molar-refractivity contribution < 1.29 is 0 Å². The molecule has 9 nitrogen and oxygen atoms in total. The minimum atomic E-state index is -0.443. The molecular formula is C24H18BN9. The first-order valence-electron chi connectivity index (χ1n) is 10.7. The van der Waals surface area contributed by atoms with Crippen molar-refractivity contribution in [1.82, 2.24) is 44.0 Å². The zero-order valence-electron chi connectivity index (χ0n) is 18.0. The van der Waals surface area contributed by atoms with Crippen molar-refractivity contribution >= 4 is 7.12 Å². The van der Waals surface area contributed by atoms with Crippen molar-refractivity contribution in [3.05, 3.63) is 110 Å². The van der Waals surface area contributed by atoms with E-state index < -0.39 is 7.12 Å². The summed E-state index contributed by atoms with van der Waals surface area (Å²) in [6.45, 7) is 0. The minimum Gasteiger partial charge on any atom is -0.268 e. The lowest BCUT2D eigenvalue weighted by atomic mass is 9.96. The second-order valence-electron chi connectivity index (χ2n) is 7.60. The molecule has 0 atom stereocenters. The number of hydrogen-bond acceptors (Lipinski definition) is 6. The molecule has 0 saturated heterocycles. The van der Waals surface area contributed by atoms with Gasteiger partial charge < -0.3 is 0 Å². The first-order chi connectivity index (χ1) is 16.8. The highest BCUT2D eigenvalue weighted by Crippen LogP contribution is 2.20. The molecule has 0 saturated carbocycles. The maximum Gasteiger partial charge on any atom is 0.568 e. The monoisotopic (exact) mass is 443 g/mol. The van der Waals surface area contributed by atoms with Gasteiger partial charge in [-0.2, -0.15) is 15.3 Å². The van der Waals surface area contributed by atoms with Crippen LogP contribution in [0.4, 0.5) is 0 Å². The SMILES string of the molecule is c1cc(-c2ccn(B(n3ccc(-c4ccncc4)n3)n3ccc(-c4ccncc4)n3)n2)ccn1. The van der Waals surface area contributed by atoms with Gasteiger partial charge in [-0.1, -0.05) is 0 Å². The number of aromatic nitrogens is 9. The zero-order chi connectivity index (χ0) is 22.7. The van der Waals surface area contributed by atoms with E-state index in [9.17, 15) is 0 Å². The maximum atomic E-state index is 4.84. The van der Waals surface area contributed by atoms with E-state index in [4.69, 9.17) is 15.3 Å². The minimum absolute atomic E-state index is 0.443. The van der Waals surface area contributed by atoms with Crippen molar-refractivity contribution in [2.24, 2.45) is 0 Å². The van der Waals surface area contributed by atoms with Gasteiger partial charge in [0.1, 0.15) is 0 Å². The molecule has 0 aliphatic carbocycles. The van der Waals surface area contributed by atoms with E-state index in [1.165, 1.54) is 0 Å². The van der Waals surface area contributed by atoms with E-state index in [1.807, 2.05) is 87.0 Å². The second kappa shape index (κ2) is 8.59. The molecule has 6 aromatic heterocycles. The van der Waals surface area contributed by atoms with Crippen LogP contribution < -0.4 is 0 Å². The van der Waals surface area contributed by atoms with Gasteiger partial charge in [0, 0.05) is 72.5 Å². The van der Waals surface area contributed by atoms with Crippen LogP contribution in [-0.4, -0.2) is 51.1 Å². The first-order valence-corrected chi connectivity index (χ1v) is 10.7. The Bertz CT molecular complexity index is 1320. The lowest BCUT2D eigenvalue weighted by Gasteiger charge is -2.13. The average molecular weight is 443 g/mol. The molecule has 6 heterocycles. The molecule has 0 aromatic carbocycles. The van der Waals surface area contributed by atoms with Gasteiger partial charge in [-0.05, 0) is 54.6 Å². The van der Waals surface area contributed by atoms with Crippen LogP contribution in [0.5, 0.6) is 0 Å². The van der Waals surface area contributed by atoms with Gasteiger partial charge in [0.2, 0.25) is 0 Å². The van der Waals surface area contributed by atoms with E-state index in [0.717, 1.165) is 33.8 Å². The summed E-state index contributed by atoms with van der Waals surface area (Å²) in [5.41, 5.74) is 5.50. The van der Waals surface area contributed by atoms with E-state index in [2.05, 4.69) is 15.0 Å². The Morgan fingerprint density at radius 1 is 0.412 bits per heavy atom. The molecule has 162 valence electrons. The van der Waals surface area contributed by atoms with Crippen LogP contribution in [0.2, 0.25) is 0 Å². The molecule has 0 aliphatic heterocycles. The predicted molar refractivity (Wildman–Crippen MR) is 128 cm³/mol. The standard InChI is InChI=1S/C24H18BN9/c1-10-26-11-2-19(1)22-7-16-32(29-22)25(33-17-8-23(30-33)20-3-12-27-13-4-20)34-18-9-24(31-34)21-5-14-28-15-6-21/h1-18H. The van der Waals surface area contributed by atoms with Crippen molar-refractivity contribution in [1.29, 1.82) is 0 Å². The maximum absolute atomic E-state index is 4.84. The zero-order valence-corrected chi connectivity index (χ0v) is 18.0. The summed E-state index contributed by atoms with van der Waals surface area (Å²) in [6, 6.07) is 17.5. The normalized spacial score (nSPS) is 10.9. The highest BCUT2D eigenvalue weighted by Gasteiger charge is 2.28. The van der Waals surface area contributed by atoms with Crippen molar-refractivity contribution in [2.75, 3.05) is 0 Å². The second-order valence-corrected chi connectivity index (χ2v) is 7.60. The Labute approximate surface area is 195 Å². The molecule has 34 heavy (non-hydrogen) atoms. The fourth-order valence-electron chi connectivity index (χ4n) is 3.79. The van der Waals surface area contributed by atoms with Crippen molar-refractivity contribution in [3.8, 4) is 33.8 Å². The Morgan fingerprint density at radius 3 is 1.00 bits per heavy atom. The smallest absolute Gasteiger partial charge is 0.268 e. The molecule has 0 amide bonds. The average Bonchev–Trinajstić information content (AvgIpc) is 3.68. The fraction of sp³-hybridized carbons (Fsp3) is 0. The third-order valence-corrected chi connectivity index (χ3v) is 5.46. The molecular weight excluding hydrogens is 425 g/mol. The molecule has 0 spiro atoms. The van der Waals surface area contributed by atoms with E-state index in [1.54, 1.807) is 37.2 Å². The number of nitrogens with zero attached hydrogens (tertiary/aromatic N) is 9. The van der Waals surface area contributed by atoms with Crippen molar-refractivity contribution in [2.45, 2.75) is 0 Å². The topological polar surface area (TPSA) is 92.1 Å². The van der Waals surface area contributed by atoms with Gasteiger partial charge in [-0.25, -0.2) is 0 Å². The highest BCUT2D eigenvalue weighted by atomic mass is 15.4. The molecule has 0 aliphatic rings. The van der Waals surface area contributed by atoms with E-state index in [-0.39, 0.29) is 0 Å². The quantitative estimate of drug-likeness (QED) is 0.367. The third kappa shape index (κ3) is 3.77. The summed E-state index contributed by atoms with van der Waals surface area (Å²) < 4.78 is 5.55. The number of rotatable bonds is 6. The van der Waals surface area contributed by atoms with Crippen LogP contribution in [0.15, 0.2) is 110 Å². The van der Waals surface area contributed by atoms with Gasteiger partial charge in [0.25, 0.3) is 0 Å². The van der Waals surface area contributed by atoms with Gasteiger partial charge in [0.15, 0.2) is 0 Å². The van der Waals surface area contributed by atoms with Crippen LogP contribution in [0.1, 0.15) is 0 Å². The van der Waals surface area contributed by atoms with Gasteiger partial charge in [0.05, 0.1) is 17.1 Å². The van der Waals surface area contributed by atoms with Gasteiger partial charge in [-0.3, -0.25) is 28.7 Å². The van der Waals surface area contributed by atoms with Crippen molar-refractivity contribution in [3.63, 3.8) is 0 Å². The molecule has 0 N–H and O–H groups in total. The largest absolute Gasteiger partial charge is 0.568 e. The summed E-state index contributed by atoms with van der Waals surface area (Å²) in [7, 11) is -0.443. The summed E-state index contributed by atoms with van der Waals surface area (Å²) in [6.07, 6.45) is 16.4.